The lowest BCUT2D eigenvalue weighted by Crippen LogP contribution is -2.49. The van der Waals surface area contributed by atoms with E-state index in [2.05, 4.69) is 0 Å². The van der Waals surface area contributed by atoms with Crippen molar-refractivity contribution in [1.29, 1.82) is 0 Å². The van der Waals surface area contributed by atoms with Crippen LogP contribution in [0.25, 0.3) is 0 Å². The Morgan fingerprint density at radius 2 is 1.38 bits per heavy atom. The third kappa shape index (κ3) is 6.58. The molecular weight excluding hydrogens is 536 g/mol. The number of urea groups is 1. The summed E-state index contributed by atoms with van der Waals surface area (Å²) >= 11 is 0. The van der Waals surface area contributed by atoms with Crippen LogP contribution in [0.1, 0.15) is 48.6 Å². The maximum Gasteiger partial charge on any atom is 0.338 e. The van der Waals surface area contributed by atoms with Crippen LogP contribution in [0.5, 0.6) is 0 Å². The number of nitrogens with zero attached hydrogens (tertiary/aromatic N) is 2. The van der Waals surface area contributed by atoms with E-state index in [9.17, 15) is 19.2 Å². The molecule has 0 saturated carbocycles. The van der Waals surface area contributed by atoms with Crippen molar-refractivity contribution in [2.45, 2.75) is 38.7 Å². The first-order valence-electron chi connectivity index (χ1n) is 13.8. The zero-order valence-electron chi connectivity index (χ0n) is 23.5. The fourth-order valence-electron chi connectivity index (χ4n) is 4.82. The largest absolute Gasteiger partial charge is 0.459 e. The molecule has 2 aliphatic heterocycles. The van der Waals surface area contributed by atoms with Gasteiger partial charge in [0.2, 0.25) is 0 Å². The number of hydrogen-bond donors (Lipinski definition) is 0. The standard InChI is InChI=1S/C33H32N2O7/c1-22-10-14-25(15-11-22)31(37)40-21-28-27(42-32(38)26-16-12-23(2)13-17-26)20-29(41-28)34-18-6-7-19-35(33(34)39)30(36)24-8-4-3-5-9-24/h3-17,27-29H,18-21H2,1-2H3/t27-,28+,29+/m0/s1. The minimum Gasteiger partial charge on any atom is -0.459 e. The van der Waals surface area contributed by atoms with E-state index in [-0.39, 0.29) is 26.1 Å². The summed E-state index contributed by atoms with van der Waals surface area (Å²) in [6, 6.07) is 22.0. The normalized spacial score (nSPS) is 20.2. The summed E-state index contributed by atoms with van der Waals surface area (Å²) in [6.07, 6.45) is 1.20. The van der Waals surface area contributed by atoms with Gasteiger partial charge in [0.25, 0.3) is 5.91 Å². The molecule has 0 radical (unpaired) electrons. The van der Waals surface area contributed by atoms with Gasteiger partial charge in [-0.3, -0.25) is 14.6 Å². The lowest BCUT2D eigenvalue weighted by molar-refractivity contribution is -0.0713. The average Bonchev–Trinajstić information content (AvgIpc) is 3.29. The summed E-state index contributed by atoms with van der Waals surface area (Å²) in [7, 11) is 0. The Morgan fingerprint density at radius 3 is 2.02 bits per heavy atom. The predicted molar refractivity (Wildman–Crippen MR) is 154 cm³/mol. The highest BCUT2D eigenvalue weighted by Crippen LogP contribution is 2.29. The van der Waals surface area contributed by atoms with Gasteiger partial charge in [-0.15, -0.1) is 0 Å². The fourth-order valence-corrected chi connectivity index (χ4v) is 4.82. The SMILES string of the molecule is Cc1ccc(C(=O)OC[C@H]2O[C@@H](N3CC=CCN(C(=O)c4ccccc4)C3=O)C[C@@H]2OC(=O)c2ccc(C)cc2)cc1. The number of carbonyl (C=O) groups is 4. The van der Waals surface area contributed by atoms with Gasteiger partial charge in [-0.25, -0.2) is 14.4 Å². The molecule has 3 amide bonds. The van der Waals surface area contributed by atoms with Crippen molar-refractivity contribution in [3.05, 3.63) is 119 Å². The van der Waals surface area contributed by atoms with E-state index in [0.29, 0.717) is 16.7 Å². The molecule has 0 spiro atoms. The van der Waals surface area contributed by atoms with Gasteiger partial charge in [-0.2, -0.15) is 0 Å². The third-order valence-electron chi connectivity index (χ3n) is 7.24. The van der Waals surface area contributed by atoms with Crippen molar-refractivity contribution >= 4 is 23.9 Å². The molecule has 1 fully saturated rings. The number of ether oxygens (including phenoxy) is 3. The van der Waals surface area contributed by atoms with Crippen LogP contribution in [0.4, 0.5) is 4.79 Å². The van der Waals surface area contributed by atoms with E-state index >= 15 is 0 Å². The summed E-state index contributed by atoms with van der Waals surface area (Å²) in [6.45, 7) is 3.94. The van der Waals surface area contributed by atoms with Gasteiger partial charge in [0.1, 0.15) is 25.0 Å². The molecule has 0 N–H and O–H groups in total. The van der Waals surface area contributed by atoms with Crippen LogP contribution in [0.3, 0.4) is 0 Å². The van der Waals surface area contributed by atoms with E-state index in [0.717, 1.165) is 16.0 Å². The number of imide groups is 1. The maximum absolute atomic E-state index is 13.6. The zero-order chi connectivity index (χ0) is 29.6. The van der Waals surface area contributed by atoms with Crippen molar-refractivity contribution < 1.29 is 33.4 Å². The molecule has 0 bridgehead atoms. The highest BCUT2D eigenvalue weighted by Gasteiger charge is 2.44. The lowest BCUT2D eigenvalue weighted by Gasteiger charge is -2.30. The lowest BCUT2D eigenvalue weighted by atomic mass is 10.1. The minimum absolute atomic E-state index is 0.110. The van der Waals surface area contributed by atoms with E-state index in [1.807, 2.05) is 38.1 Å². The second-order valence-corrected chi connectivity index (χ2v) is 10.3. The topological polar surface area (TPSA) is 102 Å². The molecule has 9 heteroatoms. The third-order valence-corrected chi connectivity index (χ3v) is 7.24. The molecule has 9 nitrogen and oxygen atoms in total. The molecule has 1 saturated heterocycles. The smallest absolute Gasteiger partial charge is 0.338 e. The second kappa shape index (κ2) is 12.8. The summed E-state index contributed by atoms with van der Waals surface area (Å²) < 4.78 is 17.6. The number of esters is 2. The van der Waals surface area contributed by atoms with Gasteiger partial charge in [0.05, 0.1) is 11.1 Å². The van der Waals surface area contributed by atoms with E-state index in [4.69, 9.17) is 14.2 Å². The predicted octanol–water partition coefficient (Wildman–Crippen LogP) is 4.94. The van der Waals surface area contributed by atoms with Crippen molar-refractivity contribution in [3.8, 4) is 0 Å². The van der Waals surface area contributed by atoms with Crippen LogP contribution in [-0.2, 0) is 14.2 Å². The average molecular weight is 569 g/mol. The second-order valence-electron chi connectivity index (χ2n) is 10.3. The van der Waals surface area contributed by atoms with Crippen LogP contribution in [0.15, 0.2) is 91.0 Å². The molecule has 3 atom stereocenters. The Kier molecular flexibility index (Phi) is 8.78. The minimum atomic E-state index is -0.836. The van der Waals surface area contributed by atoms with Crippen LogP contribution in [0.2, 0.25) is 0 Å². The summed E-state index contributed by atoms with van der Waals surface area (Å²) in [5, 5.41) is 0. The van der Waals surface area contributed by atoms with Crippen molar-refractivity contribution in [2.75, 3.05) is 19.7 Å². The number of carbonyl (C=O) groups excluding carboxylic acids is 4. The molecule has 2 aliphatic rings. The van der Waals surface area contributed by atoms with E-state index < -0.39 is 42.3 Å². The van der Waals surface area contributed by atoms with Crippen LogP contribution in [-0.4, -0.2) is 71.8 Å². The van der Waals surface area contributed by atoms with Crippen LogP contribution < -0.4 is 0 Å². The van der Waals surface area contributed by atoms with Gasteiger partial charge >= 0.3 is 18.0 Å². The van der Waals surface area contributed by atoms with Gasteiger partial charge in [-0.05, 0) is 50.2 Å². The first-order valence-corrected chi connectivity index (χ1v) is 13.8. The first kappa shape index (κ1) is 28.8. The highest BCUT2D eigenvalue weighted by atomic mass is 16.6. The molecule has 2 heterocycles. The summed E-state index contributed by atoms with van der Waals surface area (Å²) in [4.78, 5) is 55.1. The van der Waals surface area contributed by atoms with Gasteiger partial charge in [-0.1, -0.05) is 65.7 Å². The zero-order valence-corrected chi connectivity index (χ0v) is 23.5. The number of benzene rings is 3. The highest BCUT2D eigenvalue weighted by molar-refractivity contribution is 6.04. The molecule has 0 aliphatic carbocycles. The molecule has 3 aromatic rings. The molecule has 0 aromatic heterocycles. The Balaban J connectivity index is 1.33. The number of amides is 3. The van der Waals surface area contributed by atoms with E-state index in [1.54, 1.807) is 66.7 Å². The Hall–Kier alpha value is -4.76. The number of aryl methyl sites for hydroxylation is 2. The molecule has 3 aromatic carbocycles. The first-order chi connectivity index (χ1) is 20.3. The molecule has 42 heavy (non-hydrogen) atoms. The Morgan fingerprint density at radius 1 is 0.786 bits per heavy atom. The quantitative estimate of drug-likeness (QED) is 0.294. The monoisotopic (exact) mass is 568 g/mol. The van der Waals surface area contributed by atoms with E-state index in [1.165, 1.54) is 4.90 Å². The number of rotatable bonds is 7. The molecule has 5 rings (SSSR count). The molecular formula is C33H32N2O7. The molecule has 216 valence electrons. The van der Waals surface area contributed by atoms with Gasteiger partial charge < -0.3 is 14.2 Å². The fraction of sp³-hybridized carbons (Fsp3) is 0.273. The van der Waals surface area contributed by atoms with Crippen molar-refractivity contribution in [1.82, 2.24) is 9.80 Å². The Labute approximate surface area is 244 Å². The summed E-state index contributed by atoms with van der Waals surface area (Å²) in [5.74, 6) is -1.53. The van der Waals surface area contributed by atoms with Gasteiger partial charge in [0, 0.05) is 25.1 Å². The maximum atomic E-state index is 13.6. The number of hydrogen-bond acceptors (Lipinski definition) is 7. The molecule has 0 unspecified atom stereocenters. The van der Waals surface area contributed by atoms with Crippen molar-refractivity contribution in [2.24, 2.45) is 0 Å². The van der Waals surface area contributed by atoms with Crippen LogP contribution in [0, 0.1) is 13.8 Å². The van der Waals surface area contributed by atoms with Crippen LogP contribution >= 0.6 is 0 Å². The summed E-state index contributed by atoms with van der Waals surface area (Å²) in [5.41, 5.74) is 3.14. The Bertz CT molecular complexity index is 1470. The van der Waals surface area contributed by atoms with Crippen molar-refractivity contribution in [3.63, 3.8) is 0 Å². The van der Waals surface area contributed by atoms with Gasteiger partial charge in [0.15, 0.2) is 0 Å².